The number of aromatic carboxylic acids is 1. The maximum atomic E-state index is 13.3. The summed E-state index contributed by atoms with van der Waals surface area (Å²) in [6.07, 6.45) is -4.75. The third kappa shape index (κ3) is 3.18. The number of nitrogens with one attached hydrogen (secondary N) is 1. The summed E-state index contributed by atoms with van der Waals surface area (Å²) in [6.45, 7) is 0. The van der Waals surface area contributed by atoms with Crippen LogP contribution in [0.25, 0.3) is 10.9 Å². The topological polar surface area (TPSA) is 70.2 Å². The van der Waals surface area contributed by atoms with E-state index in [2.05, 4.69) is 4.98 Å². The molecule has 1 heterocycles. The Morgan fingerprint density at radius 2 is 1.85 bits per heavy atom. The smallest absolute Gasteiger partial charge is 0.417 e. The second-order valence-electron chi connectivity index (χ2n) is 5.37. The van der Waals surface area contributed by atoms with Crippen LogP contribution in [-0.2, 0) is 6.18 Å². The highest BCUT2D eigenvalue weighted by molar-refractivity contribution is 14.1. The van der Waals surface area contributed by atoms with E-state index in [1.807, 2.05) is 22.6 Å². The molecule has 0 aliphatic heterocycles. The Hall–Kier alpha value is -2.07. The highest BCUT2D eigenvalue weighted by Crippen LogP contribution is 2.37. The van der Waals surface area contributed by atoms with Gasteiger partial charge in [0, 0.05) is 14.5 Å². The van der Waals surface area contributed by atoms with E-state index >= 15 is 0 Å². The molecule has 4 nitrogen and oxygen atoms in total. The van der Waals surface area contributed by atoms with E-state index in [1.54, 1.807) is 0 Å². The first-order valence-electron chi connectivity index (χ1n) is 7.06. The van der Waals surface area contributed by atoms with Crippen molar-refractivity contribution in [1.29, 1.82) is 0 Å². The minimum absolute atomic E-state index is 0.0112. The van der Waals surface area contributed by atoms with Gasteiger partial charge in [0.1, 0.15) is 5.69 Å². The van der Waals surface area contributed by atoms with Crippen molar-refractivity contribution in [2.75, 3.05) is 0 Å². The number of aromatic amines is 1. The zero-order valence-corrected chi connectivity index (χ0v) is 15.5. The van der Waals surface area contributed by atoms with Crippen molar-refractivity contribution < 1.29 is 27.9 Å². The van der Waals surface area contributed by atoms with Gasteiger partial charge in [0.2, 0.25) is 5.78 Å². The van der Waals surface area contributed by atoms with Crippen molar-refractivity contribution in [1.82, 2.24) is 4.98 Å². The third-order valence-corrected chi connectivity index (χ3v) is 5.19. The molecule has 0 radical (unpaired) electrons. The number of aromatic nitrogens is 1. The van der Waals surface area contributed by atoms with Gasteiger partial charge in [-0.1, -0.05) is 23.7 Å². The minimum atomic E-state index is -4.75. The Morgan fingerprint density at radius 3 is 2.46 bits per heavy atom. The molecule has 0 bridgehead atoms. The lowest BCUT2D eigenvalue weighted by molar-refractivity contribution is -0.137. The molecule has 3 aromatic rings. The molecular weight excluding hydrogens is 486 g/mol. The number of fused-ring (bicyclic) bond motifs is 1. The second kappa shape index (κ2) is 6.58. The summed E-state index contributed by atoms with van der Waals surface area (Å²) >= 11 is 7.71. The van der Waals surface area contributed by atoms with E-state index in [4.69, 9.17) is 16.7 Å². The molecular formula is C17H8ClF3INO3. The summed E-state index contributed by atoms with van der Waals surface area (Å²) in [5.41, 5.74) is -1.54. The first kappa shape index (κ1) is 18.7. The van der Waals surface area contributed by atoms with Gasteiger partial charge in [0.15, 0.2) is 0 Å². The lowest BCUT2D eigenvalue weighted by atomic mass is 10.0. The Labute approximate surface area is 163 Å². The Morgan fingerprint density at radius 1 is 1.15 bits per heavy atom. The van der Waals surface area contributed by atoms with Crippen molar-refractivity contribution in [3.8, 4) is 0 Å². The van der Waals surface area contributed by atoms with Crippen LogP contribution in [0.15, 0.2) is 36.4 Å². The van der Waals surface area contributed by atoms with Crippen LogP contribution in [-0.4, -0.2) is 21.8 Å². The van der Waals surface area contributed by atoms with Gasteiger partial charge in [-0.2, -0.15) is 13.2 Å². The van der Waals surface area contributed by atoms with Crippen LogP contribution in [0.5, 0.6) is 0 Å². The fourth-order valence-corrected chi connectivity index (χ4v) is 3.68. The third-order valence-electron chi connectivity index (χ3n) is 3.76. The normalized spacial score (nSPS) is 11.7. The molecule has 0 saturated carbocycles. The number of carbonyl (C=O) groups is 2. The Bertz CT molecular complexity index is 1060. The number of hydrogen-bond acceptors (Lipinski definition) is 2. The lowest BCUT2D eigenvalue weighted by Crippen LogP contribution is -2.15. The number of rotatable bonds is 3. The monoisotopic (exact) mass is 493 g/mol. The van der Waals surface area contributed by atoms with Crippen LogP contribution in [0, 0.1) is 3.57 Å². The quantitative estimate of drug-likeness (QED) is 0.381. The summed E-state index contributed by atoms with van der Waals surface area (Å²) < 4.78 is 40.2. The average molecular weight is 494 g/mol. The van der Waals surface area contributed by atoms with Gasteiger partial charge in [-0.05, 0) is 46.9 Å². The van der Waals surface area contributed by atoms with Gasteiger partial charge < -0.3 is 10.1 Å². The number of alkyl halides is 3. The molecule has 9 heteroatoms. The van der Waals surface area contributed by atoms with E-state index in [1.165, 1.54) is 24.3 Å². The van der Waals surface area contributed by atoms with E-state index in [0.717, 1.165) is 12.1 Å². The highest BCUT2D eigenvalue weighted by atomic mass is 127. The van der Waals surface area contributed by atoms with Crippen LogP contribution in [0.4, 0.5) is 13.2 Å². The number of hydrogen-bond donors (Lipinski definition) is 2. The first-order valence-corrected chi connectivity index (χ1v) is 8.52. The van der Waals surface area contributed by atoms with E-state index in [0.29, 0.717) is 14.5 Å². The Balaban J connectivity index is 2.21. The molecule has 2 aromatic carbocycles. The van der Waals surface area contributed by atoms with Crippen LogP contribution in [0.1, 0.15) is 32.0 Å². The summed E-state index contributed by atoms with van der Waals surface area (Å²) in [7, 11) is 0. The summed E-state index contributed by atoms with van der Waals surface area (Å²) in [5.74, 6) is -2.07. The molecule has 0 fully saturated rings. The predicted molar refractivity (Wildman–Crippen MR) is 97.9 cm³/mol. The molecule has 0 aliphatic rings. The van der Waals surface area contributed by atoms with Crippen LogP contribution in [0.3, 0.4) is 0 Å². The van der Waals surface area contributed by atoms with Crippen molar-refractivity contribution in [3.63, 3.8) is 0 Å². The van der Waals surface area contributed by atoms with Gasteiger partial charge in [-0.15, -0.1) is 0 Å². The summed E-state index contributed by atoms with van der Waals surface area (Å²) in [5, 5.41) is 9.26. The number of carboxylic acid groups (broad SMARTS) is 1. The maximum Gasteiger partial charge on any atom is 0.417 e. The number of halogens is 5. The average Bonchev–Trinajstić information content (AvgIpc) is 2.89. The molecule has 0 aliphatic carbocycles. The number of carboxylic acids is 1. The zero-order chi connectivity index (χ0) is 19.2. The van der Waals surface area contributed by atoms with Gasteiger partial charge in [0.05, 0.1) is 21.7 Å². The van der Waals surface area contributed by atoms with E-state index in [9.17, 15) is 22.8 Å². The van der Waals surface area contributed by atoms with Crippen LogP contribution in [0.2, 0.25) is 5.02 Å². The van der Waals surface area contributed by atoms with E-state index in [-0.39, 0.29) is 16.3 Å². The van der Waals surface area contributed by atoms with Gasteiger partial charge in [-0.25, -0.2) is 4.79 Å². The standard InChI is InChI=1S/C17H8ClF3INO3/c18-10-3-1-2-9(17(19,20)21)12(10)15(24)14-13(22)8-5-4-7(16(25)26)6-11(8)23-14/h1-6,23H,(H,25,26). The Kier molecular flexibility index (Phi) is 4.74. The summed E-state index contributed by atoms with van der Waals surface area (Å²) in [4.78, 5) is 26.6. The number of ketones is 1. The molecule has 0 saturated heterocycles. The molecule has 3 rings (SSSR count). The van der Waals surface area contributed by atoms with Crippen molar-refractivity contribution >= 4 is 56.8 Å². The lowest BCUT2D eigenvalue weighted by Gasteiger charge is -2.13. The fourth-order valence-electron chi connectivity index (χ4n) is 2.57. The second-order valence-corrected chi connectivity index (χ2v) is 6.85. The predicted octanol–water partition coefficient (Wildman–Crippen LogP) is 5.37. The molecule has 0 amide bonds. The molecule has 0 unspecified atom stereocenters. The minimum Gasteiger partial charge on any atom is -0.478 e. The molecule has 0 spiro atoms. The molecule has 2 N–H and O–H groups in total. The SMILES string of the molecule is O=C(O)c1ccc2c(I)c(C(=O)c3c(Cl)cccc3C(F)(F)F)[nH]c2c1. The van der Waals surface area contributed by atoms with Crippen molar-refractivity contribution in [2.45, 2.75) is 6.18 Å². The van der Waals surface area contributed by atoms with Crippen LogP contribution >= 0.6 is 34.2 Å². The van der Waals surface area contributed by atoms with Crippen molar-refractivity contribution in [2.24, 2.45) is 0 Å². The first-order chi connectivity index (χ1) is 12.1. The van der Waals surface area contributed by atoms with Crippen molar-refractivity contribution in [3.05, 3.63) is 67.4 Å². The molecule has 134 valence electrons. The van der Waals surface area contributed by atoms with Gasteiger partial charge in [0.25, 0.3) is 0 Å². The maximum absolute atomic E-state index is 13.3. The molecule has 0 atom stereocenters. The van der Waals surface area contributed by atoms with Crippen LogP contribution < -0.4 is 0 Å². The zero-order valence-electron chi connectivity index (χ0n) is 12.6. The number of carbonyl (C=O) groups excluding carboxylic acids is 1. The largest absolute Gasteiger partial charge is 0.478 e. The fraction of sp³-hybridized carbons (Fsp3) is 0.0588. The summed E-state index contributed by atoms with van der Waals surface area (Å²) in [6, 6.07) is 7.28. The molecule has 1 aromatic heterocycles. The van der Waals surface area contributed by atoms with E-state index < -0.39 is 29.1 Å². The number of H-pyrrole nitrogens is 1. The number of benzene rings is 2. The highest BCUT2D eigenvalue weighted by Gasteiger charge is 2.37. The van der Waals surface area contributed by atoms with Gasteiger partial charge in [-0.3, -0.25) is 4.79 Å². The van der Waals surface area contributed by atoms with Gasteiger partial charge >= 0.3 is 12.1 Å². The molecule has 26 heavy (non-hydrogen) atoms.